The zero-order chi connectivity index (χ0) is 37.0. The molecule has 2 heterocycles. The van der Waals surface area contributed by atoms with E-state index in [9.17, 15) is 32.0 Å². The fourth-order valence-corrected chi connectivity index (χ4v) is 5.11. The molecular formula is C31H27ClFN4Na2O10PS. The van der Waals surface area contributed by atoms with Crippen molar-refractivity contribution in [3.8, 4) is 17.1 Å². The van der Waals surface area contributed by atoms with Crippen molar-refractivity contribution in [3.05, 3.63) is 101 Å². The number of phosphoric ester groups is 1. The van der Waals surface area contributed by atoms with Crippen LogP contribution in [0.1, 0.15) is 14.1 Å². The Hall–Kier alpha value is -2.57. The average molecular weight is 781 g/mol. The summed E-state index contributed by atoms with van der Waals surface area (Å²) in [5.74, 6) is -0.461. The van der Waals surface area contributed by atoms with Crippen molar-refractivity contribution in [3.63, 3.8) is 0 Å². The molecule has 0 saturated heterocycles. The molecule has 3 aromatic carbocycles. The van der Waals surface area contributed by atoms with Crippen LogP contribution in [0.25, 0.3) is 22.2 Å². The molecule has 0 aliphatic heterocycles. The maximum atomic E-state index is 13.5. The average Bonchev–Trinajstić information content (AvgIpc) is 3.50. The van der Waals surface area contributed by atoms with E-state index in [4.69, 9.17) is 23.5 Å². The van der Waals surface area contributed by atoms with Gasteiger partial charge in [0.05, 0.1) is 33.4 Å². The SMILES string of the molecule is [2H]C([2H])(CS(C)(=O)=O)N(Cc1ccc(-c2ccc3ncnc(Nc4ccc(OCc5cccc(F)c5)c(Cl)c4)c3c2)o1)C(=O)OCOP(=O)([O-])[O-].[Na+].[Na+]. The van der Waals surface area contributed by atoms with Crippen LogP contribution in [-0.2, 0) is 36.8 Å². The number of rotatable bonds is 14. The van der Waals surface area contributed by atoms with E-state index < -0.39 is 49.3 Å². The molecule has 20 heteroatoms. The molecule has 0 bridgehead atoms. The largest absolute Gasteiger partial charge is 1.00 e. The van der Waals surface area contributed by atoms with Gasteiger partial charge < -0.3 is 38.1 Å². The maximum absolute atomic E-state index is 13.5. The minimum absolute atomic E-state index is 0. The Morgan fingerprint density at radius 2 is 1.88 bits per heavy atom. The number of anilines is 2. The second-order valence-electron chi connectivity index (χ2n) is 10.3. The monoisotopic (exact) mass is 780 g/mol. The number of aromatic nitrogens is 2. The van der Waals surface area contributed by atoms with Crippen molar-refractivity contribution in [1.29, 1.82) is 0 Å². The molecule has 51 heavy (non-hydrogen) atoms. The van der Waals surface area contributed by atoms with Crippen LogP contribution in [0.4, 0.5) is 20.7 Å². The first-order chi connectivity index (χ1) is 24.0. The van der Waals surface area contributed by atoms with Gasteiger partial charge in [-0.15, -0.1) is 0 Å². The van der Waals surface area contributed by atoms with Gasteiger partial charge >= 0.3 is 65.2 Å². The minimum atomic E-state index is -5.52. The van der Waals surface area contributed by atoms with Gasteiger partial charge in [-0.25, -0.2) is 27.6 Å². The number of hydrogen-bond acceptors (Lipinski definition) is 13. The van der Waals surface area contributed by atoms with Gasteiger partial charge in [0.25, 0.3) is 0 Å². The van der Waals surface area contributed by atoms with Gasteiger partial charge in [0, 0.05) is 29.4 Å². The van der Waals surface area contributed by atoms with E-state index in [1.54, 1.807) is 48.5 Å². The second kappa shape index (κ2) is 19.0. The summed E-state index contributed by atoms with van der Waals surface area (Å²) >= 11 is 6.46. The first-order valence-electron chi connectivity index (χ1n) is 15.0. The number of fused-ring (bicyclic) bond motifs is 1. The molecule has 1 amide bonds. The van der Waals surface area contributed by atoms with Crippen molar-refractivity contribution in [2.24, 2.45) is 0 Å². The maximum Gasteiger partial charge on any atom is 1.00 e. The van der Waals surface area contributed by atoms with Crippen molar-refractivity contribution >= 4 is 57.8 Å². The van der Waals surface area contributed by atoms with Crippen molar-refractivity contribution in [2.75, 3.05) is 30.6 Å². The van der Waals surface area contributed by atoms with Gasteiger partial charge in [0.1, 0.15) is 51.7 Å². The number of amides is 1. The predicted octanol–water partition coefficient (Wildman–Crippen LogP) is -1.20. The Bertz CT molecular complexity index is 2240. The Morgan fingerprint density at radius 3 is 2.59 bits per heavy atom. The van der Waals surface area contributed by atoms with E-state index in [0.29, 0.717) is 49.2 Å². The third-order valence-corrected chi connectivity index (χ3v) is 7.88. The number of carbonyl (C=O) groups is 1. The number of furan rings is 1. The predicted molar refractivity (Wildman–Crippen MR) is 173 cm³/mol. The number of halogens is 2. The number of hydrogen-bond donors (Lipinski definition) is 1. The van der Waals surface area contributed by atoms with Crippen molar-refractivity contribution in [2.45, 2.75) is 13.2 Å². The molecule has 0 aliphatic carbocycles. The minimum Gasteiger partial charge on any atom is -0.790 e. The first kappa shape index (κ1) is 39.6. The molecule has 5 rings (SSSR count). The van der Waals surface area contributed by atoms with E-state index in [1.165, 1.54) is 30.6 Å². The number of ether oxygens (including phenoxy) is 2. The molecule has 0 atom stereocenters. The van der Waals surface area contributed by atoms with Crippen LogP contribution in [0.15, 0.2) is 83.5 Å². The molecule has 0 saturated carbocycles. The van der Waals surface area contributed by atoms with E-state index >= 15 is 0 Å². The number of carbonyl (C=O) groups excluding carboxylic acids is 1. The van der Waals surface area contributed by atoms with Gasteiger partial charge in [0.2, 0.25) is 0 Å². The molecule has 258 valence electrons. The molecule has 0 fully saturated rings. The number of nitrogens with one attached hydrogen (secondary N) is 1. The quantitative estimate of drug-likeness (QED) is 0.0803. The third kappa shape index (κ3) is 13.1. The topological polar surface area (TPSA) is 196 Å². The van der Waals surface area contributed by atoms with Crippen LogP contribution in [-0.4, -0.2) is 54.7 Å². The normalized spacial score (nSPS) is 12.2. The van der Waals surface area contributed by atoms with Crippen LogP contribution in [0.2, 0.25) is 5.02 Å². The Labute approximate surface area is 344 Å². The zero-order valence-electron chi connectivity index (χ0n) is 29.4. The fraction of sp³-hybridized carbons (Fsp3) is 0.194. The zero-order valence-corrected chi connectivity index (χ0v) is 33.8. The first-order valence-corrected chi connectivity index (χ1v) is 17.9. The Morgan fingerprint density at radius 1 is 1.10 bits per heavy atom. The summed E-state index contributed by atoms with van der Waals surface area (Å²) in [6.07, 6.45) is 0.610. The molecule has 0 spiro atoms. The smallest absolute Gasteiger partial charge is 0.790 e. The van der Waals surface area contributed by atoms with E-state index in [1.807, 2.05) is 0 Å². The molecule has 1 N–H and O–H groups in total. The molecular weight excluding hydrogens is 752 g/mol. The van der Waals surface area contributed by atoms with Crippen LogP contribution in [0.5, 0.6) is 5.75 Å². The summed E-state index contributed by atoms with van der Waals surface area (Å²) in [6, 6.07) is 19.1. The van der Waals surface area contributed by atoms with Gasteiger partial charge in [-0.05, 0) is 66.2 Å². The third-order valence-electron chi connectivity index (χ3n) is 6.50. The fourth-order valence-electron chi connectivity index (χ4n) is 4.30. The van der Waals surface area contributed by atoms with E-state index in [0.717, 1.165) is 6.26 Å². The molecule has 0 aliphatic rings. The van der Waals surface area contributed by atoms with Crippen molar-refractivity contribution in [1.82, 2.24) is 14.9 Å². The Kier molecular flexibility index (Phi) is 14.7. The summed E-state index contributed by atoms with van der Waals surface area (Å²) in [5.41, 5.74) is 2.29. The number of benzene rings is 3. The van der Waals surface area contributed by atoms with Crippen LogP contribution < -0.4 is 79.0 Å². The van der Waals surface area contributed by atoms with Gasteiger partial charge in [0.15, 0.2) is 6.79 Å². The Balaban J connectivity index is 0.00000378. The standard InChI is InChI=1S/C31H29ClFN4O10PS.2Na/c1-49(42,43)12-11-37(31(38)45-19-46-48(39,40)41)16-24-7-10-28(47-24)21-5-8-27-25(14-21)30(35-18-34-27)36-23-6-9-29(26(32)15-23)44-17-20-3-2-4-22(33)13-20;;/h2-10,13-15,18H,11-12,16-17,19H2,1H3,(H,34,35,36)(H2,39,40,41);;/q;2*+1/p-2/i11D2;;. The van der Waals surface area contributed by atoms with Crippen LogP contribution in [0.3, 0.4) is 0 Å². The molecule has 5 aromatic rings. The number of sulfone groups is 1. The van der Waals surface area contributed by atoms with Gasteiger partial charge in [-0.3, -0.25) is 4.90 Å². The summed E-state index contributed by atoms with van der Waals surface area (Å²) in [6.45, 7) is -4.75. The molecule has 2 aromatic heterocycles. The van der Waals surface area contributed by atoms with Crippen LogP contribution >= 0.6 is 19.4 Å². The summed E-state index contributed by atoms with van der Waals surface area (Å²) in [5, 5.41) is 4.05. The van der Waals surface area contributed by atoms with E-state index in [2.05, 4.69) is 24.5 Å². The summed E-state index contributed by atoms with van der Waals surface area (Å²) in [4.78, 5) is 43.2. The summed E-state index contributed by atoms with van der Waals surface area (Å²) in [7, 11) is -9.50. The molecule has 14 nitrogen and oxygen atoms in total. The number of phosphoric acid groups is 1. The van der Waals surface area contributed by atoms with Gasteiger partial charge in [-0.2, -0.15) is 0 Å². The van der Waals surface area contributed by atoms with Crippen LogP contribution in [0, 0.1) is 5.82 Å². The van der Waals surface area contributed by atoms with Crippen molar-refractivity contribution < 1.29 is 112 Å². The summed E-state index contributed by atoms with van der Waals surface area (Å²) < 4.78 is 84.6. The molecule has 0 radical (unpaired) electrons. The van der Waals surface area contributed by atoms with E-state index in [-0.39, 0.29) is 83.1 Å². The second-order valence-corrected chi connectivity index (χ2v) is 14.0. The number of nitrogens with zero attached hydrogens (tertiary/aromatic N) is 3. The molecule has 0 unspecified atom stereocenters. The van der Waals surface area contributed by atoms with Gasteiger partial charge in [-0.1, -0.05) is 23.7 Å².